The van der Waals surface area contributed by atoms with Crippen molar-refractivity contribution in [2.45, 2.75) is 39.2 Å². The Bertz CT molecular complexity index is 517. The van der Waals surface area contributed by atoms with Crippen LogP contribution in [0.25, 0.3) is 0 Å². The average Bonchev–Trinajstić information content (AvgIpc) is 2.53. The molecule has 122 valence electrons. The molecule has 1 aliphatic heterocycles. The maximum atomic E-state index is 13.3. The molecule has 0 saturated heterocycles. The van der Waals surface area contributed by atoms with E-state index in [9.17, 15) is 14.3 Å². The van der Waals surface area contributed by atoms with Gasteiger partial charge in [0.1, 0.15) is 18.2 Å². The molecular formula is C17H24FNO3. The molecule has 2 unspecified atom stereocenters. The molecule has 0 spiro atoms. The number of aliphatic hydroxyl groups excluding tert-OH is 1. The van der Waals surface area contributed by atoms with Crippen LogP contribution < -0.4 is 10.1 Å². The first-order valence-electron chi connectivity index (χ1n) is 7.92. The zero-order valence-electron chi connectivity index (χ0n) is 13.1. The van der Waals surface area contributed by atoms with E-state index in [-0.39, 0.29) is 36.7 Å². The number of benzene rings is 1. The van der Waals surface area contributed by atoms with Gasteiger partial charge in [0.25, 0.3) is 0 Å². The highest BCUT2D eigenvalue weighted by Crippen LogP contribution is 2.28. The number of ether oxygens (including phenoxy) is 1. The molecule has 1 aliphatic rings. The number of nitrogens with one attached hydrogen (secondary N) is 1. The Labute approximate surface area is 130 Å². The lowest BCUT2D eigenvalue weighted by Crippen LogP contribution is -2.42. The molecule has 0 aliphatic carbocycles. The van der Waals surface area contributed by atoms with Crippen LogP contribution in [0.3, 0.4) is 0 Å². The molecule has 0 fully saturated rings. The Morgan fingerprint density at radius 2 is 2.18 bits per heavy atom. The van der Waals surface area contributed by atoms with Crippen LogP contribution in [0.1, 0.15) is 32.3 Å². The molecule has 1 amide bonds. The van der Waals surface area contributed by atoms with E-state index in [1.807, 2.05) is 13.8 Å². The summed E-state index contributed by atoms with van der Waals surface area (Å²) in [6, 6.07) is 4.36. The third-order valence-corrected chi connectivity index (χ3v) is 4.38. The highest BCUT2D eigenvalue weighted by atomic mass is 19.1. The van der Waals surface area contributed by atoms with Crippen molar-refractivity contribution in [3.8, 4) is 5.75 Å². The quantitative estimate of drug-likeness (QED) is 0.847. The number of carbonyl (C=O) groups excluding carboxylic acids is 1. The smallest absolute Gasteiger partial charge is 0.226 e. The Kier molecular flexibility index (Phi) is 5.77. The third-order valence-electron chi connectivity index (χ3n) is 4.38. The molecular weight excluding hydrogens is 285 g/mol. The van der Waals surface area contributed by atoms with E-state index in [1.165, 1.54) is 12.1 Å². The summed E-state index contributed by atoms with van der Waals surface area (Å²) in [5, 5.41) is 12.8. The summed E-state index contributed by atoms with van der Waals surface area (Å²) in [7, 11) is 0. The predicted molar refractivity (Wildman–Crippen MR) is 82.2 cm³/mol. The maximum absolute atomic E-state index is 13.3. The molecule has 0 aromatic heterocycles. The lowest BCUT2D eigenvalue weighted by atomic mass is 9.94. The molecule has 0 saturated carbocycles. The van der Waals surface area contributed by atoms with Crippen molar-refractivity contribution >= 4 is 5.91 Å². The van der Waals surface area contributed by atoms with E-state index in [1.54, 1.807) is 6.07 Å². The van der Waals surface area contributed by atoms with Crippen LogP contribution in [0.15, 0.2) is 18.2 Å². The number of halogens is 1. The van der Waals surface area contributed by atoms with Crippen molar-refractivity contribution in [1.29, 1.82) is 0 Å². The number of hydrogen-bond donors (Lipinski definition) is 2. The number of amides is 1. The van der Waals surface area contributed by atoms with Gasteiger partial charge < -0.3 is 15.2 Å². The molecule has 2 atom stereocenters. The molecule has 2 rings (SSSR count). The molecule has 2 N–H and O–H groups in total. The van der Waals surface area contributed by atoms with Crippen LogP contribution in [0.2, 0.25) is 0 Å². The Morgan fingerprint density at radius 3 is 2.86 bits per heavy atom. The number of aliphatic hydroxyl groups is 1. The summed E-state index contributed by atoms with van der Waals surface area (Å²) in [5.41, 5.74) is 0.715. The van der Waals surface area contributed by atoms with Crippen molar-refractivity contribution in [2.24, 2.45) is 11.8 Å². The fourth-order valence-corrected chi connectivity index (χ4v) is 2.88. The average molecular weight is 309 g/mol. The van der Waals surface area contributed by atoms with Gasteiger partial charge in [-0.1, -0.05) is 26.7 Å². The monoisotopic (exact) mass is 309 g/mol. The van der Waals surface area contributed by atoms with E-state index in [0.717, 1.165) is 12.8 Å². The van der Waals surface area contributed by atoms with E-state index in [2.05, 4.69) is 5.32 Å². The maximum Gasteiger partial charge on any atom is 0.226 e. The van der Waals surface area contributed by atoms with Gasteiger partial charge >= 0.3 is 0 Å². The summed E-state index contributed by atoms with van der Waals surface area (Å²) in [6.45, 7) is 4.59. The highest BCUT2D eigenvalue weighted by Gasteiger charge is 2.27. The second kappa shape index (κ2) is 7.58. The van der Waals surface area contributed by atoms with Crippen LogP contribution >= 0.6 is 0 Å². The van der Waals surface area contributed by atoms with Crippen molar-refractivity contribution in [3.05, 3.63) is 29.6 Å². The summed E-state index contributed by atoms with van der Waals surface area (Å²) < 4.78 is 18.8. The Hall–Kier alpha value is -1.62. The first-order chi connectivity index (χ1) is 10.5. The van der Waals surface area contributed by atoms with E-state index in [0.29, 0.717) is 17.7 Å². The number of fused-ring (bicyclic) bond motifs is 1. The van der Waals surface area contributed by atoms with Gasteiger partial charge in [-0.2, -0.15) is 0 Å². The van der Waals surface area contributed by atoms with Gasteiger partial charge in [0, 0.05) is 6.54 Å². The minimum atomic E-state index is -0.534. The number of hydrogen-bond acceptors (Lipinski definition) is 3. The van der Waals surface area contributed by atoms with Gasteiger partial charge in [0.2, 0.25) is 5.91 Å². The standard InChI is InChI=1S/C17H24FNO3/c1-3-11(4-2)15(20)9-19-17(21)13-7-12-8-14(18)5-6-16(12)22-10-13/h5-6,8,11,13,15,20H,3-4,7,9-10H2,1-2H3,(H,19,21). The van der Waals surface area contributed by atoms with Crippen LogP contribution in [0.5, 0.6) is 5.75 Å². The van der Waals surface area contributed by atoms with E-state index < -0.39 is 6.10 Å². The summed E-state index contributed by atoms with van der Waals surface area (Å²) in [5.74, 6) is 0.0101. The van der Waals surface area contributed by atoms with Gasteiger partial charge in [0.05, 0.1) is 12.0 Å². The molecule has 1 aromatic carbocycles. The van der Waals surface area contributed by atoms with Crippen LogP contribution in [-0.2, 0) is 11.2 Å². The minimum Gasteiger partial charge on any atom is -0.492 e. The van der Waals surface area contributed by atoms with Crippen molar-refractivity contribution in [3.63, 3.8) is 0 Å². The first-order valence-corrected chi connectivity index (χ1v) is 7.92. The molecule has 4 nitrogen and oxygen atoms in total. The fraction of sp³-hybridized carbons (Fsp3) is 0.588. The summed E-state index contributed by atoms with van der Waals surface area (Å²) in [6.07, 6.45) is 1.69. The Morgan fingerprint density at radius 1 is 1.45 bits per heavy atom. The first kappa shape index (κ1) is 16.7. The van der Waals surface area contributed by atoms with Gasteiger partial charge in [-0.05, 0) is 36.1 Å². The molecule has 0 bridgehead atoms. The predicted octanol–water partition coefficient (Wildman–Crippen LogP) is 2.29. The van der Waals surface area contributed by atoms with E-state index >= 15 is 0 Å². The fourth-order valence-electron chi connectivity index (χ4n) is 2.88. The molecule has 5 heteroatoms. The van der Waals surface area contributed by atoms with Crippen molar-refractivity contribution in [2.75, 3.05) is 13.2 Å². The normalized spacial score (nSPS) is 18.5. The van der Waals surface area contributed by atoms with Crippen molar-refractivity contribution in [1.82, 2.24) is 5.32 Å². The largest absolute Gasteiger partial charge is 0.492 e. The lowest BCUT2D eigenvalue weighted by molar-refractivity contribution is -0.126. The molecule has 22 heavy (non-hydrogen) atoms. The molecule has 1 heterocycles. The zero-order valence-corrected chi connectivity index (χ0v) is 13.1. The van der Waals surface area contributed by atoms with Gasteiger partial charge in [0.15, 0.2) is 0 Å². The second-order valence-electron chi connectivity index (χ2n) is 5.85. The molecule has 0 radical (unpaired) electrons. The minimum absolute atomic E-state index is 0.153. The van der Waals surface area contributed by atoms with Gasteiger partial charge in [-0.25, -0.2) is 4.39 Å². The van der Waals surface area contributed by atoms with Gasteiger partial charge in [-0.3, -0.25) is 4.79 Å². The van der Waals surface area contributed by atoms with Crippen LogP contribution in [-0.4, -0.2) is 30.3 Å². The number of carbonyl (C=O) groups is 1. The van der Waals surface area contributed by atoms with Gasteiger partial charge in [-0.15, -0.1) is 0 Å². The Balaban J connectivity index is 1.89. The lowest BCUT2D eigenvalue weighted by Gasteiger charge is -2.26. The van der Waals surface area contributed by atoms with Crippen LogP contribution in [0.4, 0.5) is 4.39 Å². The second-order valence-corrected chi connectivity index (χ2v) is 5.85. The highest BCUT2D eigenvalue weighted by molar-refractivity contribution is 5.79. The summed E-state index contributed by atoms with van der Waals surface area (Å²) >= 11 is 0. The zero-order chi connectivity index (χ0) is 16.1. The number of rotatable bonds is 6. The van der Waals surface area contributed by atoms with E-state index in [4.69, 9.17) is 4.74 Å². The molecule has 1 aromatic rings. The SMILES string of the molecule is CCC(CC)C(O)CNC(=O)C1COc2ccc(F)cc2C1. The summed E-state index contributed by atoms with van der Waals surface area (Å²) in [4.78, 5) is 12.2. The third kappa shape index (κ3) is 3.97. The van der Waals surface area contributed by atoms with Crippen molar-refractivity contribution < 1.29 is 19.0 Å². The van der Waals surface area contributed by atoms with Crippen LogP contribution in [0, 0.1) is 17.7 Å². The topological polar surface area (TPSA) is 58.6 Å².